The van der Waals surface area contributed by atoms with Gasteiger partial charge in [-0.15, -0.1) is 0 Å². The summed E-state index contributed by atoms with van der Waals surface area (Å²) in [5, 5.41) is 39.8. The zero-order chi connectivity index (χ0) is 42.5. The van der Waals surface area contributed by atoms with Crippen molar-refractivity contribution in [1.82, 2.24) is 0 Å². The molecule has 1 saturated heterocycles. The number of carboxylic acid groups (broad SMARTS) is 1. The van der Waals surface area contributed by atoms with Gasteiger partial charge in [-0.25, -0.2) is 4.79 Å². The van der Waals surface area contributed by atoms with E-state index in [1.54, 1.807) is 0 Å². The Morgan fingerprint density at radius 2 is 0.966 bits per heavy atom. The van der Waals surface area contributed by atoms with E-state index in [0.717, 1.165) is 64.2 Å². The Morgan fingerprint density at radius 1 is 0.534 bits per heavy atom. The minimum Gasteiger partial charge on any atom is -0.479 e. The summed E-state index contributed by atoms with van der Waals surface area (Å²) in [6.45, 7) is 3.79. The average Bonchev–Trinajstić information content (AvgIpc) is 3.21. The smallest absolute Gasteiger partial charge is 0.335 e. The molecule has 1 rings (SSSR count). The lowest BCUT2D eigenvalue weighted by Crippen LogP contribution is -2.60. The molecule has 11 nitrogen and oxygen atoms in total. The largest absolute Gasteiger partial charge is 0.479 e. The summed E-state index contributed by atoms with van der Waals surface area (Å²) < 4.78 is 21.7. The molecular weight excluding hydrogens is 741 g/mol. The van der Waals surface area contributed by atoms with E-state index in [9.17, 15) is 34.8 Å². The number of carbonyl (C=O) groups is 3. The van der Waals surface area contributed by atoms with Crippen LogP contribution in [0, 0.1) is 0 Å². The van der Waals surface area contributed by atoms with E-state index in [1.165, 1.54) is 103 Å². The van der Waals surface area contributed by atoms with Gasteiger partial charge in [0.15, 0.2) is 18.5 Å². The second-order valence-corrected chi connectivity index (χ2v) is 16.3. The van der Waals surface area contributed by atoms with Crippen molar-refractivity contribution in [3.05, 3.63) is 24.3 Å². The summed E-state index contributed by atoms with van der Waals surface area (Å²) in [7, 11) is 0. The molecule has 0 radical (unpaired) electrons. The van der Waals surface area contributed by atoms with Gasteiger partial charge in [0, 0.05) is 12.8 Å². The highest BCUT2D eigenvalue weighted by Crippen LogP contribution is 2.23. The van der Waals surface area contributed by atoms with Crippen LogP contribution in [0.1, 0.15) is 206 Å². The normalized spacial score (nSPS) is 20.2. The molecule has 11 heteroatoms. The van der Waals surface area contributed by atoms with Crippen molar-refractivity contribution in [3.63, 3.8) is 0 Å². The van der Waals surface area contributed by atoms with Crippen LogP contribution in [0.3, 0.4) is 0 Å². The lowest BCUT2D eigenvalue weighted by atomic mass is 9.99. The summed E-state index contributed by atoms with van der Waals surface area (Å²) in [6.07, 6.45) is 32.2. The molecule has 1 fully saturated rings. The Balaban J connectivity index is 2.35. The van der Waals surface area contributed by atoms with Gasteiger partial charge in [-0.05, 0) is 44.9 Å². The van der Waals surface area contributed by atoms with E-state index in [4.69, 9.17) is 18.9 Å². The quantitative estimate of drug-likeness (QED) is 0.0264. The van der Waals surface area contributed by atoms with Crippen LogP contribution < -0.4 is 0 Å². The van der Waals surface area contributed by atoms with Crippen LogP contribution in [0.4, 0.5) is 0 Å². The van der Waals surface area contributed by atoms with E-state index >= 15 is 0 Å². The lowest BCUT2D eigenvalue weighted by molar-refractivity contribution is -0.298. The molecule has 0 saturated carbocycles. The zero-order valence-corrected chi connectivity index (χ0v) is 36.5. The number of aliphatic hydroxyl groups excluding tert-OH is 3. The molecule has 1 aliphatic rings. The monoisotopic (exact) mass is 825 g/mol. The Hall–Kier alpha value is -2.31. The van der Waals surface area contributed by atoms with Crippen molar-refractivity contribution in [3.8, 4) is 0 Å². The molecule has 0 bridgehead atoms. The number of aliphatic carboxylic acids is 1. The Morgan fingerprint density at radius 3 is 1.47 bits per heavy atom. The Kier molecular flexibility index (Phi) is 34.9. The molecule has 0 amide bonds. The Labute approximate surface area is 351 Å². The summed E-state index contributed by atoms with van der Waals surface area (Å²) in [5.41, 5.74) is 0. The van der Waals surface area contributed by atoms with Crippen LogP contribution in [0.25, 0.3) is 0 Å². The van der Waals surface area contributed by atoms with E-state index < -0.39 is 61.3 Å². The number of allylic oxidation sites excluding steroid dienone is 4. The van der Waals surface area contributed by atoms with Gasteiger partial charge < -0.3 is 39.4 Å². The second-order valence-electron chi connectivity index (χ2n) is 16.3. The third kappa shape index (κ3) is 29.0. The molecular formula is C47H84O11. The molecule has 1 aliphatic heterocycles. The van der Waals surface area contributed by atoms with Gasteiger partial charge in [-0.2, -0.15) is 0 Å². The number of hydrogen-bond acceptors (Lipinski definition) is 10. The van der Waals surface area contributed by atoms with Gasteiger partial charge in [-0.3, -0.25) is 9.59 Å². The molecule has 0 spiro atoms. The van der Waals surface area contributed by atoms with Crippen LogP contribution >= 0.6 is 0 Å². The van der Waals surface area contributed by atoms with Crippen molar-refractivity contribution in [2.75, 3.05) is 13.2 Å². The van der Waals surface area contributed by atoms with Gasteiger partial charge in [0.1, 0.15) is 24.9 Å². The second kappa shape index (κ2) is 37.7. The van der Waals surface area contributed by atoms with E-state index in [1.807, 2.05) is 0 Å². The van der Waals surface area contributed by atoms with Crippen molar-refractivity contribution in [1.29, 1.82) is 0 Å². The minimum absolute atomic E-state index is 0.184. The molecule has 0 aromatic rings. The molecule has 58 heavy (non-hydrogen) atoms. The third-order valence-electron chi connectivity index (χ3n) is 10.8. The number of unbranched alkanes of at least 4 members (excludes halogenated alkanes) is 24. The topological polar surface area (TPSA) is 169 Å². The van der Waals surface area contributed by atoms with E-state index in [2.05, 4.69) is 38.2 Å². The maximum atomic E-state index is 12.8. The van der Waals surface area contributed by atoms with Gasteiger partial charge >= 0.3 is 17.9 Å². The number of esters is 2. The zero-order valence-electron chi connectivity index (χ0n) is 36.5. The lowest BCUT2D eigenvalue weighted by Gasteiger charge is -2.38. The highest BCUT2D eigenvalue weighted by Gasteiger charge is 2.47. The van der Waals surface area contributed by atoms with E-state index in [-0.39, 0.29) is 19.4 Å². The molecule has 0 aromatic heterocycles. The first-order valence-electron chi connectivity index (χ1n) is 23.4. The molecule has 6 atom stereocenters. The summed E-state index contributed by atoms with van der Waals surface area (Å²) in [6, 6.07) is 0. The van der Waals surface area contributed by atoms with Gasteiger partial charge in [-0.1, -0.05) is 173 Å². The highest BCUT2D eigenvalue weighted by molar-refractivity contribution is 5.73. The summed E-state index contributed by atoms with van der Waals surface area (Å²) >= 11 is 0. The van der Waals surface area contributed by atoms with Crippen LogP contribution in [0.2, 0.25) is 0 Å². The number of ether oxygens (including phenoxy) is 4. The van der Waals surface area contributed by atoms with Crippen molar-refractivity contribution < 1.29 is 53.8 Å². The number of hydrogen-bond donors (Lipinski definition) is 4. The SMILES string of the molecule is CCCCC/C=C\C/C=C\CCCCCCCC(=O)OCC(COC1OC(C(=O)O)C(O)C(O)C1O)OC(=O)CCCCCCCCCCCCCCCCCCC. The first-order chi connectivity index (χ1) is 28.2. The predicted octanol–water partition coefficient (Wildman–Crippen LogP) is 10.2. The molecule has 338 valence electrons. The molecule has 0 aromatic carbocycles. The number of rotatable bonds is 39. The minimum atomic E-state index is -1.86. The van der Waals surface area contributed by atoms with E-state index in [0.29, 0.717) is 12.8 Å². The molecule has 6 unspecified atom stereocenters. The first kappa shape index (κ1) is 53.7. The standard InChI is InChI=1S/C47H84O11/c1-3-5-7-9-11-13-15-17-19-20-22-24-26-28-30-32-34-36-41(49)57-39(38-56-47-44(52)42(50)43(51)45(58-47)46(53)54)37-55-40(48)35-33-31-29-27-25-23-21-18-16-14-12-10-8-6-4-2/h12,14,18,21,39,42-45,47,50-52H,3-11,13,15-17,19-20,22-38H2,1-2H3,(H,53,54)/b14-12-,21-18-. The summed E-state index contributed by atoms with van der Waals surface area (Å²) in [4.78, 5) is 36.8. The first-order valence-corrected chi connectivity index (χ1v) is 23.4. The number of carbonyl (C=O) groups excluding carboxylic acids is 2. The van der Waals surface area contributed by atoms with Crippen molar-refractivity contribution in [2.24, 2.45) is 0 Å². The molecule has 0 aliphatic carbocycles. The van der Waals surface area contributed by atoms with Gasteiger partial charge in [0.25, 0.3) is 0 Å². The van der Waals surface area contributed by atoms with Crippen LogP contribution in [-0.4, -0.2) is 88.4 Å². The van der Waals surface area contributed by atoms with Crippen LogP contribution in [0.15, 0.2) is 24.3 Å². The van der Waals surface area contributed by atoms with Crippen LogP contribution in [0.5, 0.6) is 0 Å². The van der Waals surface area contributed by atoms with Gasteiger partial charge in [0.2, 0.25) is 0 Å². The fourth-order valence-electron chi connectivity index (χ4n) is 7.09. The highest BCUT2D eigenvalue weighted by atomic mass is 16.7. The molecule has 4 N–H and O–H groups in total. The maximum Gasteiger partial charge on any atom is 0.335 e. The fourth-order valence-corrected chi connectivity index (χ4v) is 7.09. The third-order valence-corrected chi connectivity index (χ3v) is 10.8. The predicted molar refractivity (Wildman–Crippen MR) is 229 cm³/mol. The Bertz CT molecular complexity index is 1060. The van der Waals surface area contributed by atoms with Crippen LogP contribution in [-0.2, 0) is 33.3 Å². The average molecular weight is 825 g/mol. The van der Waals surface area contributed by atoms with Crippen molar-refractivity contribution >= 4 is 17.9 Å². The summed E-state index contributed by atoms with van der Waals surface area (Å²) in [5.74, 6) is -2.45. The number of carboxylic acids is 1. The number of aliphatic hydroxyl groups is 3. The maximum absolute atomic E-state index is 12.8. The fraction of sp³-hybridized carbons (Fsp3) is 0.851. The molecule has 1 heterocycles. The van der Waals surface area contributed by atoms with Gasteiger partial charge in [0.05, 0.1) is 6.61 Å². The van der Waals surface area contributed by atoms with Crippen molar-refractivity contribution in [2.45, 2.75) is 243 Å².